The molecule has 1 N–H and O–H groups in total. The number of aryl methyl sites for hydroxylation is 1. The fraction of sp³-hybridized carbons (Fsp3) is 0.167. The molecule has 1 aliphatic carbocycles. The monoisotopic (exact) mass is 308 g/mol. The summed E-state index contributed by atoms with van der Waals surface area (Å²) in [5.41, 5.74) is 3.91. The molecule has 0 spiro atoms. The highest BCUT2D eigenvalue weighted by molar-refractivity contribution is 5.89. The van der Waals surface area contributed by atoms with E-state index in [0.29, 0.717) is 17.1 Å². The molecule has 0 aliphatic heterocycles. The summed E-state index contributed by atoms with van der Waals surface area (Å²) in [6.07, 6.45) is 4.49. The van der Waals surface area contributed by atoms with E-state index in [1.807, 2.05) is 19.1 Å². The van der Waals surface area contributed by atoms with Crippen LogP contribution < -0.4 is 10.7 Å². The number of esters is 1. The van der Waals surface area contributed by atoms with Gasteiger partial charge in [-0.2, -0.15) is 0 Å². The standard InChI is InChI=1S/C18H16N2O3/c1-11-7-14(12-3-4-12)9-15(16(21)8-11)20-17-6-5-13(10-19-17)18(22)23-2/h3,5-10H,4H2,1-2H3,(H,19,20,21). The number of nitrogens with one attached hydrogen (secondary N) is 1. The number of ether oxygens (including phenoxy) is 1. The molecular formula is C18H16N2O3. The molecule has 0 amide bonds. The van der Waals surface area contributed by atoms with Crippen LogP contribution in [0.3, 0.4) is 0 Å². The maximum absolute atomic E-state index is 12.3. The van der Waals surface area contributed by atoms with Gasteiger partial charge in [0, 0.05) is 6.20 Å². The molecule has 5 heteroatoms. The van der Waals surface area contributed by atoms with Gasteiger partial charge < -0.3 is 10.1 Å². The van der Waals surface area contributed by atoms with E-state index in [-0.39, 0.29) is 5.43 Å². The van der Waals surface area contributed by atoms with Crippen LogP contribution in [0.1, 0.15) is 27.9 Å². The third kappa shape index (κ3) is 3.45. The highest BCUT2D eigenvalue weighted by Crippen LogP contribution is 2.31. The average Bonchev–Trinajstić information content (AvgIpc) is 3.37. The van der Waals surface area contributed by atoms with Crippen molar-refractivity contribution in [3.63, 3.8) is 0 Å². The maximum atomic E-state index is 12.3. The van der Waals surface area contributed by atoms with E-state index >= 15 is 0 Å². The van der Waals surface area contributed by atoms with E-state index in [0.717, 1.165) is 17.5 Å². The minimum atomic E-state index is -0.446. The Kier molecular flexibility index (Phi) is 3.93. The van der Waals surface area contributed by atoms with E-state index in [4.69, 9.17) is 0 Å². The van der Waals surface area contributed by atoms with Gasteiger partial charge in [-0.05, 0) is 54.3 Å². The molecule has 0 radical (unpaired) electrons. The van der Waals surface area contributed by atoms with Crippen molar-refractivity contribution in [2.75, 3.05) is 12.4 Å². The van der Waals surface area contributed by atoms with Gasteiger partial charge in [0.25, 0.3) is 0 Å². The molecule has 0 atom stereocenters. The van der Waals surface area contributed by atoms with Crippen molar-refractivity contribution < 1.29 is 9.53 Å². The number of hydrogen-bond donors (Lipinski definition) is 1. The first-order chi connectivity index (χ1) is 11.1. The highest BCUT2D eigenvalue weighted by Gasteiger charge is 2.12. The van der Waals surface area contributed by atoms with Crippen LogP contribution in [0.5, 0.6) is 0 Å². The Morgan fingerprint density at radius 2 is 2.04 bits per heavy atom. The SMILES string of the molecule is COC(=O)c1ccc(Nc2cc(C3=CC3)cc(C)cc2=O)nc1. The van der Waals surface area contributed by atoms with Gasteiger partial charge in [-0.25, -0.2) is 9.78 Å². The minimum absolute atomic E-state index is 0.103. The maximum Gasteiger partial charge on any atom is 0.339 e. The number of anilines is 2. The predicted octanol–water partition coefficient (Wildman–Crippen LogP) is 3.07. The zero-order valence-electron chi connectivity index (χ0n) is 12.9. The Hall–Kier alpha value is -2.95. The number of allylic oxidation sites excluding steroid dienone is 2. The number of carbonyl (C=O) groups excluding carboxylic acids is 1. The van der Waals surface area contributed by atoms with Crippen LogP contribution in [0.4, 0.5) is 11.5 Å². The molecule has 5 nitrogen and oxygen atoms in total. The summed E-state index contributed by atoms with van der Waals surface area (Å²) in [5.74, 6) is 0.0487. The first kappa shape index (κ1) is 15.0. The lowest BCUT2D eigenvalue weighted by Gasteiger charge is -2.04. The highest BCUT2D eigenvalue weighted by atomic mass is 16.5. The lowest BCUT2D eigenvalue weighted by Crippen LogP contribution is -2.06. The van der Waals surface area contributed by atoms with E-state index in [2.05, 4.69) is 21.1 Å². The van der Waals surface area contributed by atoms with Gasteiger partial charge in [-0.15, -0.1) is 0 Å². The number of hydrogen-bond acceptors (Lipinski definition) is 5. The summed E-state index contributed by atoms with van der Waals surface area (Å²) in [5, 5.41) is 3.02. The van der Waals surface area contributed by atoms with Crippen LogP contribution in [-0.4, -0.2) is 18.1 Å². The van der Waals surface area contributed by atoms with Gasteiger partial charge in [-0.1, -0.05) is 12.1 Å². The van der Waals surface area contributed by atoms with Gasteiger partial charge in [0.1, 0.15) is 5.82 Å². The van der Waals surface area contributed by atoms with Crippen LogP contribution >= 0.6 is 0 Å². The summed E-state index contributed by atoms with van der Waals surface area (Å²) >= 11 is 0. The third-order valence-electron chi connectivity index (χ3n) is 3.53. The van der Waals surface area contributed by atoms with Crippen LogP contribution in [0.2, 0.25) is 0 Å². The Bertz CT molecular complexity index is 855. The first-order valence-electron chi connectivity index (χ1n) is 7.23. The molecule has 0 unspecified atom stereocenters. The fourth-order valence-electron chi connectivity index (χ4n) is 2.25. The molecule has 116 valence electrons. The molecule has 0 fully saturated rings. The second-order valence-corrected chi connectivity index (χ2v) is 5.39. The smallest absolute Gasteiger partial charge is 0.339 e. The zero-order chi connectivity index (χ0) is 16.4. The number of carbonyl (C=O) groups is 1. The van der Waals surface area contributed by atoms with Crippen LogP contribution in [0.25, 0.3) is 5.57 Å². The predicted molar refractivity (Wildman–Crippen MR) is 88.9 cm³/mol. The summed E-state index contributed by atoms with van der Waals surface area (Å²) in [4.78, 5) is 27.8. The minimum Gasteiger partial charge on any atom is -0.465 e. The largest absolute Gasteiger partial charge is 0.465 e. The van der Waals surface area contributed by atoms with Gasteiger partial charge in [0.05, 0.1) is 18.4 Å². The number of nitrogens with zero attached hydrogens (tertiary/aromatic N) is 1. The van der Waals surface area contributed by atoms with Crippen LogP contribution in [-0.2, 0) is 4.74 Å². The topological polar surface area (TPSA) is 68.3 Å². The molecule has 1 heterocycles. The number of rotatable bonds is 4. The normalized spacial score (nSPS) is 12.3. The number of pyridine rings is 1. The fourth-order valence-corrected chi connectivity index (χ4v) is 2.25. The molecule has 1 aliphatic rings. The lowest BCUT2D eigenvalue weighted by atomic mass is 10.2. The van der Waals surface area contributed by atoms with E-state index in [9.17, 15) is 9.59 Å². The van der Waals surface area contributed by atoms with Crippen molar-refractivity contribution in [2.24, 2.45) is 0 Å². The van der Waals surface area contributed by atoms with Crippen LogP contribution in [0.15, 0.2) is 47.4 Å². The molecule has 0 saturated heterocycles. The summed E-state index contributed by atoms with van der Waals surface area (Å²) in [6.45, 7) is 1.90. The summed E-state index contributed by atoms with van der Waals surface area (Å²) in [6, 6.07) is 8.67. The Morgan fingerprint density at radius 1 is 1.26 bits per heavy atom. The number of aromatic nitrogens is 1. The summed E-state index contributed by atoms with van der Waals surface area (Å²) < 4.78 is 4.63. The molecule has 2 aromatic rings. The molecule has 0 saturated carbocycles. The van der Waals surface area contributed by atoms with Crippen molar-refractivity contribution in [3.05, 3.63) is 69.5 Å². The molecule has 1 aromatic carbocycles. The second-order valence-electron chi connectivity index (χ2n) is 5.39. The first-order valence-corrected chi connectivity index (χ1v) is 7.23. The molecular weight excluding hydrogens is 292 g/mol. The number of methoxy groups -OCH3 is 1. The Balaban J connectivity index is 1.92. The summed E-state index contributed by atoms with van der Waals surface area (Å²) in [7, 11) is 1.32. The van der Waals surface area contributed by atoms with Crippen LogP contribution in [0, 0.1) is 6.92 Å². The lowest BCUT2D eigenvalue weighted by molar-refractivity contribution is 0.0600. The van der Waals surface area contributed by atoms with E-state index < -0.39 is 5.97 Å². The van der Waals surface area contributed by atoms with Crippen molar-refractivity contribution >= 4 is 23.0 Å². The van der Waals surface area contributed by atoms with Crippen molar-refractivity contribution in [3.8, 4) is 0 Å². The Labute approximate surface area is 133 Å². The van der Waals surface area contributed by atoms with Crippen molar-refractivity contribution in [1.29, 1.82) is 0 Å². The van der Waals surface area contributed by atoms with E-state index in [1.54, 1.807) is 18.2 Å². The molecule has 3 rings (SSSR count). The van der Waals surface area contributed by atoms with E-state index in [1.165, 1.54) is 18.9 Å². The van der Waals surface area contributed by atoms with Gasteiger partial charge in [0.15, 0.2) is 0 Å². The van der Waals surface area contributed by atoms with Gasteiger partial charge in [0.2, 0.25) is 5.43 Å². The van der Waals surface area contributed by atoms with Gasteiger partial charge >= 0.3 is 5.97 Å². The quantitative estimate of drug-likeness (QED) is 0.879. The third-order valence-corrected chi connectivity index (χ3v) is 3.53. The molecule has 0 bridgehead atoms. The zero-order valence-corrected chi connectivity index (χ0v) is 12.9. The average molecular weight is 308 g/mol. The Morgan fingerprint density at radius 3 is 2.65 bits per heavy atom. The van der Waals surface area contributed by atoms with Crippen molar-refractivity contribution in [2.45, 2.75) is 13.3 Å². The second kappa shape index (κ2) is 6.04. The molecule has 1 aromatic heterocycles. The van der Waals surface area contributed by atoms with Gasteiger partial charge in [-0.3, -0.25) is 4.79 Å². The van der Waals surface area contributed by atoms with Crippen molar-refractivity contribution in [1.82, 2.24) is 4.98 Å². The molecule has 23 heavy (non-hydrogen) atoms.